The van der Waals surface area contributed by atoms with Gasteiger partial charge in [0, 0.05) is 4.22 Å². The largest absolute Gasteiger partial charge is 0.139 e. The lowest BCUT2D eigenvalue weighted by Crippen LogP contribution is -2.06. The van der Waals surface area contributed by atoms with Crippen LogP contribution in [0.1, 0.15) is 13.3 Å². The minimum absolute atomic E-state index is 0.563. The molecule has 2 heteroatoms. The van der Waals surface area contributed by atoms with Crippen molar-refractivity contribution in [1.29, 1.82) is 0 Å². The van der Waals surface area contributed by atoms with E-state index in [9.17, 15) is 0 Å². The third kappa shape index (κ3) is 0.859. The molecule has 0 aliphatic heterocycles. The standard InChI is InChI=1S/C5H10BBr/c1-4-3-5(4,7)6-2/h4,6H,3H2,1-2H3. The summed E-state index contributed by atoms with van der Waals surface area (Å²) in [6, 6.07) is 0. The molecule has 1 saturated carbocycles. The Labute approximate surface area is 54.0 Å². The minimum atomic E-state index is 0.563. The summed E-state index contributed by atoms with van der Waals surface area (Å²) >= 11 is 3.65. The SMILES string of the molecule is CBC1(Br)CC1C. The Balaban J connectivity index is 2.36. The third-order valence-electron chi connectivity index (χ3n) is 1.96. The first-order chi connectivity index (χ1) is 3.19. The van der Waals surface area contributed by atoms with E-state index in [-0.39, 0.29) is 0 Å². The molecule has 2 unspecified atom stereocenters. The summed E-state index contributed by atoms with van der Waals surface area (Å²) in [7, 11) is 1.29. The van der Waals surface area contributed by atoms with Crippen LogP contribution in [0.5, 0.6) is 0 Å². The van der Waals surface area contributed by atoms with Crippen LogP contribution in [0.25, 0.3) is 0 Å². The van der Waals surface area contributed by atoms with Gasteiger partial charge in [0.2, 0.25) is 0 Å². The lowest BCUT2D eigenvalue weighted by atomic mass is 9.74. The molecule has 0 heterocycles. The summed E-state index contributed by atoms with van der Waals surface area (Å²) in [5, 5.41) is 0. The van der Waals surface area contributed by atoms with Crippen LogP contribution in [0.2, 0.25) is 6.82 Å². The van der Waals surface area contributed by atoms with E-state index < -0.39 is 0 Å². The fourth-order valence-corrected chi connectivity index (χ4v) is 1.43. The van der Waals surface area contributed by atoms with Crippen molar-refractivity contribution < 1.29 is 0 Å². The molecular weight excluding hydrogens is 151 g/mol. The molecular formula is C5H10BBr. The summed E-state index contributed by atoms with van der Waals surface area (Å²) < 4.78 is 0.563. The summed E-state index contributed by atoms with van der Waals surface area (Å²) in [5.41, 5.74) is 0. The topological polar surface area (TPSA) is 0 Å². The molecule has 1 aliphatic carbocycles. The molecule has 0 nitrogen and oxygen atoms in total. The maximum atomic E-state index is 3.65. The average Bonchev–Trinajstić information content (AvgIpc) is 2.18. The molecule has 0 aromatic heterocycles. The van der Waals surface area contributed by atoms with Crippen molar-refractivity contribution in [2.75, 3.05) is 0 Å². The first-order valence-corrected chi connectivity index (χ1v) is 3.67. The van der Waals surface area contributed by atoms with Gasteiger partial charge in [-0.25, -0.2) is 0 Å². The van der Waals surface area contributed by atoms with Crippen molar-refractivity contribution in [3.05, 3.63) is 0 Å². The highest BCUT2D eigenvalue weighted by Gasteiger charge is 2.46. The molecule has 0 spiro atoms. The van der Waals surface area contributed by atoms with Crippen LogP contribution in [-0.2, 0) is 0 Å². The second-order valence-corrected chi connectivity index (χ2v) is 4.07. The predicted octanol–water partition coefficient (Wildman–Crippen LogP) is 1.60. The second kappa shape index (κ2) is 1.51. The fraction of sp³-hybridized carbons (Fsp3) is 1.00. The van der Waals surface area contributed by atoms with Crippen molar-refractivity contribution >= 4 is 23.2 Å². The van der Waals surface area contributed by atoms with E-state index in [1.54, 1.807) is 0 Å². The number of halogens is 1. The van der Waals surface area contributed by atoms with E-state index in [0.717, 1.165) is 5.92 Å². The molecule has 7 heavy (non-hydrogen) atoms. The number of alkyl halides is 1. The number of rotatable bonds is 1. The summed E-state index contributed by atoms with van der Waals surface area (Å²) in [6.07, 6.45) is 1.38. The smallest absolute Gasteiger partial charge is 0.0945 e. The van der Waals surface area contributed by atoms with E-state index in [1.807, 2.05) is 0 Å². The molecule has 0 amide bonds. The molecule has 0 radical (unpaired) electrons. The van der Waals surface area contributed by atoms with E-state index in [1.165, 1.54) is 13.7 Å². The fourth-order valence-electron chi connectivity index (χ4n) is 0.943. The molecule has 1 rings (SSSR count). The van der Waals surface area contributed by atoms with Crippen molar-refractivity contribution in [3.8, 4) is 0 Å². The van der Waals surface area contributed by atoms with Gasteiger partial charge in [-0.15, -0.1) is 0 Å². The van der Waals surface area contributed by atoms with Gasteiger partial charge in [0.15, 0.2) is 0 Å². The van der Waals surface area contributed by atoms with Gasteiger partial charge in [-0.2, -0.15) is 0 Å². The van der Waals surface area contributed by atoms with Gasteiger partial charge in [-0.1, -0.05) is 29.7 Å². The Morgan fingerprint density at radius 2 is 2.29 bits per heavy atom. The normalized spacial score (nSPS) is 48.7. The van der Waals surface area contributed by atoms with E-state index in [2.05, 4.69) is 29.7 Å². The zero-order valence-electron chi connectivity index (χ0n) is 4.87. The molecule has 2 atom stereocenters. The van der Waals surface area contributed by atoms with Crippen LogP contribution in [0.3, 0.4) is 0 Å². The highest BCUT2D eigenvalue weighted by atomic mass is 79.9. The average molecular weight is 161 g/mol. The van der Waals surface area contributed by atoms with Crippen molar-refractivity contribution in [1.82, 2.24) is 0 Å². The zero-order chi connectivity index (χ0) is 5.49. The molecule has 40 valence electrons. The van der Waals surface area contributed by atoms with Crippen molar-refractivity contribution in [2.45, 2.75) is 24.4 Å². The Hall–Kier alpha value is 0.545. The van der Waals surface area contributed by atoms with Crippen LogP contribution in [-0.4, -0.2) is 11.5 Å². The predicted molar refractivity (Wildman–Crippen MR) is 38.5 cm³/mol. The maximum absolute atomic E-state index is 3.65. The highest BCUT2D eigenvalue weighted by Crippen LogP contribution is 2.49. The summed E-state index contributed by atoms with van der Waals surface area (Å²) in [5.74, 6) is 0.928. The molecule has 0 aromatic rings. The van der Waals surface area contributed by atoms with Crippen molar-refractivity contribution in [3.63, 3.8) is 0 Å². The summed E-state index contributed by atoms with van der Waals surface area (Å²) in [4.78, 5) is 0. The Kier molecular flexibility index (Phi) is 1.22. The van der Waals surface area contributed by atoms with E-state index in [0.29, 0.717) is 4.22 Å². The lowest BCUT2D eigenvalue weighted by Gasteiger charge is -1.96. The van der Waals surface area contributed by atoms with Crippen molar-refractivity contribution in [2.24, 2.45) is 5.92 Å². The number of hydrogen-bond donors (Lipinski definition) is 0. The second-order valence-electron chi connectivity index (χ2n) is 2.49. The Morgan fingerprint density at radius 3 is 2.29 bits per heavy atom. The Morgan fingerprint density at radius 1 is 1.86 bits per heavy atom. The van der Waals surface area contributed by atoms with Gasteiger partial charge >= 0.3 is 0 Å². The molecule has 0 aromatic carbocycles. The van der Waals surface area contributed by atoms with E-state index >= 15 is 0 Å². The monoisotopic (exact) mass is 160 g/mol. The van der Waals surface area contributed by atoms with Gasteiger partial charge in [0.1, 0.15) is 7.28 Å². The minimum Gasteiger partial charge on any atom is -0.0945 e. The molecule has 0 saturated heterocycles. The number of hydrogen-bond acceptors (Lipinski definition) is 0. The maximum Gasteiger partial charge on any atom is 0.139 e. The van der Waals surface area contributed by atoms with Gasteiger partial charge in [0.05, 0.1) is 0 Å². The van der Waals surface area contributed by atoms with Crippen LogP contribution in [0.15, 0.2) is 0 Å². The lowest BCUT2D eigenvalue weighted by molar-refractivity contribution is 0.968. The van der Waals surface area contributed by atoms with Gasteiger partial charge in [-0.3, -0.25) is 0 Å². The zero-order valence-corrected chi connectivity index (χ0v) is 6.46. The molecule has 1 aliphatic rings. The van der Waals surface area contributed by atoms with Gasteiger partial charge < -0.3 is 0 Å². The summed E-state index contributed by atoms with van der Waals surface area (Å²) in [6.45, 7) is 4.52. The first kappa shape index (κ1) is 5.68. The molecule has 0 bridgehead atoms. The highest BCUT2D eigenvalue weighted by molar-refractivity contribution is 9.10. The van der Waals surface area contributed by atoms with Gasteiger partial charge in [-0.05, 0) is 12.3 Å². The van der Waals surface area contributed by atoms with Crippen LogP contribution >= 0.6 is 15.9 Å². The van der Waals surface area contributed by atoms with Crippen LogP contribution in [0.4, 0.5) is 0 Å². The van der Waals surface area contributed by atoms with Crippen LogP contribution < -0.4 is 0 Å². The quantitative estimate of drug-likeness (QED) is 0.404. The van der Waals surface area contributed by atoms with E-state index in [4.69, 9.17) is 0 Å². The third-order valence-corrected chi connectivity index (χ3v) is 3.62. The Bertz CT molecular complexity index is 80.1. The van der Waals surface area contributed by atoms with Crippen LogP contribution in [0, 0.1) is 5.92 Å². The molecule has 0 N–H and O–H groups in total. The van der Waals surface area contributed by atoms with Gasteiger partial charge in [0.25, 0.3) is 0 Å². The first-order valence-electron chi connectivity index (χ1n) is 2.88. The molecule has 1 fully saturated rings.